The number of aliphatic hydroxyl groups excluding tert-OH is 2. The first-order chi connectivity index (χ1) is 20.9. The Morgan fingerprint density at radius 2 is 1.51 bits per heavy atom. The first kappa shape index (κ1) is 29.6. The average molecular weight is 578 g/mol. The second-order valence-corrected chi connectivity index (χ2v) is 10.4. The van der Waals surface area contributed by atoms with Gasteiger partial charge in [-0.25, -0.2) is 9.67 Å². The van der Waals surface area contributed by atoms with Crippen LogP contribution in [0.15, 0.2) is 103 Å². The number of hydrogen-bond donors (Lipinski definition) is 4. The minimum Gasteiger partial charge on any atom is -0.481 e. The number of benzene rings is 3. The molecular formula is C34H35N5O4. The van der Waals surface area contributed by atoms with Crippen LogP contribution in [0.3, 0.4) is 0 Å². The van der Waals surface area contributed by atoms with Crippen molar-refractivity contribution in [1.29, 1.82) is 0 Å². The van der Waals surface area contributed by atoms with E-state index in [2.05, 4.69) is 10.3 Å². The summed E-state index contributed by atoms with van der Waals surface area (Å²) in [5.74, 6) is -0.992. The summed E-state index contributed by atoms with van der Waals surface area (Å²) in [5, 5.41) is 39.2. The Morgan fingerprint density at radius 1 is 0.884 bits per heavy atom. The highest BCUT2D eigenvalue weighted by Crippen LogP contribution is 2.35. The number of anilines is 2. The van der Waals surface area contributed by atoms with Gasteiger partial charge in [0.05, 0.1) is 29.5 Å². The fraction of sp³-hybridized carbons (Fsp3) is 0.235. The molecular weight excluding hydrogens is 542 g/mol. The number of aliphatic hydroxyl groups is 2. The van der Waals surface area contributed by atoms with Gasteiger partial charge in [0.1, 0.15) is 0 Å². The van der Waals surface area contributed by atoms with Crippen molar-refractivity contribution in [2.24, 2.45) is 5.92 Å². The molecule has 3 aromatic carbocycles. The van der Waals surface area contributed by atoms with Gasteiger partial charge in [-0.2, -0.15) is 10.1 Å². The quantitative estimate of drug-likeness (QED) is 0.136. The van der Waals surface area contributed by atoms with E-state index in [-0.39, 0.29) is 12.8 Å². The summed E-state index contributed by atoms with van der Waals surface area (Å²) < 4.78 is 1.81. The molecule has 0 bridgehead atoms. The van der Waals surface area contributed by atoms with Crippen molar-refractivity contribution in [2.75, 3.05) is 5.32 Å². The number of nitrogens with one attached hydrogen (secondary N) is 1. The maximum Gasteiger partial charge on any atom is 0.309 e. The SMILES string of the molecule is CCC(C(=O)O)C(O)CC(O)CCc1c(-c2ccccc2)nn(-c2ccnc(Nc3ccccc3)n2)c1-c1ccccc1. The van der Waals surface area contributed by atoms with Crippen molar-refractivity contribution < 1.29 is 20.1 Å². The second-order valence-electron chi connectivity index (χ2n) is 10.4. The fourth-order valence-corrected chi connectivity index (χ4v) is 5.23. The number of nitrogens with zero attached hydrogens (tertiary/aromatic N) is 4. The lowest BCUT2D eigenvalue weighted by molar-refractivity contribution is -0.146. The molecule has 2 heterocycles. The number of aromatic nitrogens is 4. The normalized spacial score (nSPS) is 13.3. The van der Waals surface area contributed by atoms with Crippen LogP contribution in [0.25, 0.3) is 28.3 Å². The molecule has 43 heavy (non-hydrogen) atoms. The second kappa shape index (κ2) is 13.9. The molecule has 0 aliphatic rings. The number of carboxylic acid groups (broad SMARTS) is 1. The van der Waals surface area contributed by atoms with Gasteiger partial charge in [-0.05, 0) is 31.4 Å². The largest absolute Gasteiger partial charge is 0.481 e. The Kier molecular flexibility index (Phi) is 9.56. The van der Waals surface area contributed by atoms with Gasteiger partial charge in [0.25, 0.3) is 0 Å². The van der Waals surface area contributed by atoms with Crippen LogP contribution in [-0.4, -0.2) is 53.2 Å². The summed E-state index contributed by atoms with van der Waals surface area (Å²) in [6.07, 6.45) is 0.644. The first-order valence-corrected chi connectivity index (χ1v) is 14.4. The van der Waals surface area contributed by atoms with E-state index in [4.69, 9.17) is 10.1 Å². The lowest BCUT2D eigenvalue weighted by atomic mass is 9.92. The lowest BCUT2D eigenvalue weighted by Crippen LogP contribution is -2.31. The fourth-order valence-electron chi connectivity index (χ4n) is 5.23. The molecule has 4 N–H and O–H groups in total. The minimum atomic E-state index is -1.14. The zero-order chi connectivity index (χ0) is 30.2. The molecule has 0 radical (unpaired) electrons. The summed E-state index contributed by atoms with van der Waals surface area (Å²) in [7, 11) is 0. The van der Waals surface area contributed by atoms with Gasteiger partial charge in [-0.1, -0.05) is 85.8 Å². The number of carboxylic acids is 1. The molecule has 5 rings (SSSR count). The molecule has 0 saturated carbocycles. The van der Waals surface area contributed by atoms with E-state index in [9.17, 15) is 20.1 Å². The summed E-state index contributed by atoms with van der Waals surface area (Å²) in [6.45, 7) is 1.72. The van der Waals surface area contributed by atoms with Crippen LogP contribution in [0.1, 0.15) is 31.7 Å². The molecule has 3 atom stereocenters. The predicted molar refractivity (Wildman–Crippen MR) is 166 cm³/mol. The maximum atomic E-state index is 11.5. The van der Waals surface area contributed by atoms with Crippen molar-refractivity contribution in [1.82, 2.24) is 19.7 Å². The van der Waals surface area contributed by atoms with Gasteiger partial charge in [0.15, 0.2) is 5.82 Å². The predicted octanol–water partition coefficient (Wildman–Crippen LogP) is 5.90. The third-order valence-corrected chi connectivity index (χ3v) is 7.43. The van der Waals surface area contributed by atoms with E-state index < -0.39 is 24.1 Å². The van der Waals surface area contributed by atoms with Crippen molar-refractivity contribution in [3.05, 3.63) is 109 Å². The van der Waals surface area contributed by atoms with Crippen LogP contribution in [-0.2, 0) is 11.2 Å². The highest BCUT2D eigenvalue weighted by Gasteiger charge is 2.28. The smallest absolute Gasteiger partial charge is 0.309 e. The average Bonchev–Trinajstić information content (AvgIpc) is 3.41. The summed E-state index contributed by atoms with van der Waals surface area (Å²) in [5.41, 5.74) is 5.19. The van der Waals surface area contributed by atoms with E-state index >= 15 is 0 Å². The highest BCUT2D eigenvalue weighted by molar-refractivity contribution is 5.76. The Balaban J connectivity index is 1.55. The lowest BCUT2D eigenvalue weighted by Gasteiger charge is -2.20. The molecule has 2 aromatic heterocycles. The summed E-state index contributed by atoms with van der Waals surface area (Å²) >= 11 is 0. The van der Waals surface area contributed by atoms with Crippen molar-refractivity contribution in [3.63, 3.8) is 0 Å². The number of aliphatic carboxylic acids is 1. The number of carbonyl (C=O) groups is 1. The van der Waals surface area contributed by atoms with E-state index in [0.717, 1.165) is 33.8 Å². The molecule has 220 valence electrons. The molecule has 0 aliphatic carbocycles. The van der Waals surface area contributed by atoms with Gasteiger partial charge in [0, 0.05) is 41.1 Å². The molecule has 0 fully saturated rings. The number of para-hydroxylation sites is 1. The molecule has 0 saturated heterocycles. The van der Waals surface area contributed by atoms with Gasteiger partial charge in [0.2, 0.25) is 5.95 Å². The maximum absolute atomic E-state index is 11.5. The van der Waals surface area contributed by atoms with Crippen LogP contribution in [0.4, 0.5) is 11.6 Å². The molecule has 9 heteroatoms. The Bertz CT molecular complexity index is 1630. The monoisotopic (exact) mass is 577 g/mol. The van der Waals surface area contributed by atoms with Crippen molar-refractivity contribution >= 4 is 17.6 Å². The number of rotatable bonds is 13. The summed E-state index contributed by atoms with van der Waals surface area (Å²) in [6, 6.07) is 31.2. The molecule has 0 aliphatic heterocycles. The van der Waals surface area contributed by atoms with Crippen LogP contribution in [0, 0.1) is 5.92 Å². The van der Waals surface area contributed by atoms with Crippen molar-refractivity contribution in [3.8, 4) is 28.3 Å². The standard InChI is InChI=1S/C34H35N5O4/c1-2-27(33(42)43)29(41)22-26(40)18-19-28-31(23-12-6-3-7-13-23)38-39(32(28)24-14-8-4-9-15-24)30-20-21-35-34(37-30)36-25-16-10-5-11-17-25/h3-17,20-21,26-27,29,40-41H,2,18-19,22H2,1H3,(H,42,43)(H,35,36,37). The highest BCUT2D eigenvalue weighted by atomic mass is 16.4. The minimum absolute atomic E-state index is 0.0271. The van der Waals surface area contributed by atoms with Crippen LogP contribution < -0.4 is 5.32 Å². The van der Waals surface area contributed by atoms with E-state index in [1.807, 2.05) is 95.7 Å². The van der Waals surface area contributed by atoms with E-state index in [1.165, 1.54) is 0 Å². The molecule has 3 unspecified atom stereocenters. The molecule has 0 spiro atoms. The van der Waals surface area contributed by atoms with Crippen LogP contribution in [0.5, 0.6) is 0 Å². The molecule has 9 nitrogen and oxygen atoms in total. The van der Waals surface area contributed by atoms with E-state index in [1.54, 1.807) is 19.2 Å². The van der Waals surface area contributed by atoms with Gasteiger partial charge >= 0.3 is 5.97 Å². The molecule has 5 aromatic rings. The number of hydrogen-bond acceptors (Lipinski definition) is 7. The van der Waals surface area contributed by atoms with Gasteiger partial charge in [-0.15, -0.1) is 0 Å². The molecule has 0 amide bonds. The third-order valence-electron chi connectivity index (χ3n) is 7.43. The van der Waals surface area contributed by atoms with Gasteiger partial charge in [-0.3, -0.25) is 4.79 Å². The Labute approximate surface area is 250 Å². The van der Waals surface area contributed by atoms with Crippen LogP contribution in [0.2, 0.25) is 0 Å². The zero-order valence-electron chi connectivity index (χ0n) is 23.9. The van der Waals surface area contributed by atoms with Crippen molar-refractivity contribution in [2.45, 2.75) is 44.8 Å². The van der Waals surface area contributed by atoms with Crippen LogP contribution >= 0.6 is 0 Å². The Morgan fingerprint density at radius 3 is 2.14 bits per heavy atom. The zero-order valence-corrected chi connectivity index (χ0v) is 23.9. The summed E-state index contributed by atoms with van der Waals surface area (Å²) in [4.78, 5) is 20.7. The third kappa shape index (κ3) is 7.14. The topological polar surface area (TPSA) is 133 Å². The van der Waals surface area contributed by atoms with Gasteiger partial charge < -0.3 is 20.6 Å². The van der Waals surface area contributed by atoms with E-state index in [0.29, 0.717) is 24.6 Å². The first-order valence-electron chi connectivity index (χ1n) is 14.4. The Hall–Kier alpha value is -4.86.